The number of hydrogen-bond donors (Lipinski definition) is 1. The summed E-state index contributed by atoms with van der Waals surface area (Å²) in [6, 6.07) is 11.1. The van der Waals surface area contributed by atoms with Crippen molar-refractivity contribution >= 4 is 35.0 Å². The first-order valence-electron chi connectivity index (χ1n) is 8.12. The number of carbonyl (C=O) groups excluding carboxylic acids is 1. The van der Waals surface area contributed by atoms with Gasteiger partial charge < -0.3 is 9.88 Å². The molecule has 3 aromatic rings. The number of aromatic nitrogens is 4. The second-order valence-corrected chi connectivity index (χ2v) is 6.94. The molecule has 0 unspecified atom stereocenters. The Hall–Kier alpha value is -2.38. The molecule has 0 atom stereocenters. The molecule has 0 radical (unpaired) electrons. The van der Waals surface area contributed by atoms with Crippen molar-refractivity contribution in [1.82, 2.24) is 19.7 Å². The van der Waals surface area contributed by atoms with Crippen LogP contribution in [0.25, 0.3) is 11.5 Å². The third-order valence-corrected chi connectivity index (χ3v) is 4.93. The molecule has 6 nitrogen and oxygen atoms in total. The summed E-state index contributed by atoms with van der Waals surface area (Å²) in [6.45, 7) is 4.62. The van der Waals surface area contributed by atoms with Crippen molar-refractivity contribution in [2.24, 2.45) is 0 Å². The van der Waals surface area contributed by atoms with Crippen LogP contribution in [-0.2, 0) is 11.3 Å². The van der Waals surface area contributed by atoms with E-state index in [-0.39, 0.29) is 11.7 Å². The van der Waals surface area contributed by atoms with E-state index >= 15 is 0 Å². The zero-order chi connectivity index (χ0) is 18.5. The molecule has 0 aliphatic carbocycles. The Balaban J connectivity index is 1.69. The Kier molecular flexibility index (Phi) is 5.90. The third kappa shape index (κ3) is 4.23. The van der Waals surface area contributed by atoms with Gasteiger partial charge in [-0.3, -0.25) is 9.78 Å². The number of aryl methyl sites for hydroxylation is 1. The topological polar surface area (TPSA) is 72.7 Å². The van der Waals surface area contributed by atoms with Gasteiger partial charge in [0.1, 0.15) is 5.69 Å². The average molecular weight is 388 g/mol. The lowest BCUT2D eigenvalue weighted by Crippen LogP contribution is -2.15. The molecular formula is C18H18ClN5OS. The SMILES string of the molecule is CCn1c(SCC(=O)Nc2cc(Cl)ccc2C)nnc1-c1ccccn1. The number of rotatable bonds is 6. The highest BCUT2D eigenvalue weighted by Crippen LogP contribution is 2.24. The molecule has 3 rings (SSSR count). The molecule has 1 aromatic carbocycles. The molecule has 0 saturated carbocycles. The Morgan fingerprint density at radius 1 is 1.27 bits per heavy atom. The standard InChI is InChI=1S/C18H18ClN5OS/c1-3-24-17(14-6-4-5-9-20-14)22-23-18(24)26-11-16(25)21-15-10-13(19)8-7-12(15)2/h4-10H,3,11H2,1-2H3,(H,21,25). The number of halogens is 1. The number of nitrogens with zero attached hydrogens (tertiary/aromatic N) is 4. The van der Waals surface area contributed by atoms with E-state index in [1.165, 1.54) is 11.8 Å². The maximum Gasteiger partial charge on any atom is 0.234 e. The fourth-order valence-electron chi connectivity index (χ4n) is 2.41. The number of nitrogens with one attached hydrogen (secondary N) is 1. The monoisotopic (exact) mass is 387 g/mol. The lowest BCUT2D eigenvalue weighted by molar-refractivity contribution is -0.113. The fourth-order valence-corrected chi connectivity index (χ4v) is 3.38. The van der Waals surface area contributed by atoms with Crippen LogP contribution in [0.15, 0.2) is 47.8 Å². The molecule has 0 aliphatic heterocycles. The van der Waals surface area contributed by atoms with E-state index in [0.29, 0.717) is 28.2 Å². The first-order chi connectivity index (χ1) is 12.6. The van der Waals surface area contributed by atoms with E-state index in [2.05, 4.69) is 20.5 Å². The van der Waals surface area contributed by atoms with Gasteiger partial charge in [-0.25, -0.2) is 0 Å². The van der Waals surface area contributed by atoms with E-state index in [9.17, 15) is 4.79 Å². The van der Waals surface area contributed by atoms with Crippen molar-refractivity contribution in [3.8, 4) is 11.5 Å². The van der Waals surface area contributed by atoms with Gasteiger partial charge in [0.05, 0.1) is 5.75 Å². The molecule has 26 heavy (non-hydrogen) atoms. The van der Waals surface area contributed by atoms with Gasteiger partial charge in [0.25, 0.3) is 0 Å². The highest BCUT2D eigenvalue weighted by molar-refractivity contribution is 7.99. The van der Waals surface area contributed by atoms with Crippen LogP contribution in [0.3, 0.4) is 0 Å². The summed E-state index contributed by atoms with van der Waals surface area (Å²) in [5.41, 5.74) is 2.43. The summed E-state index contributed by atoms with van der Waals surface area (Å²) in [6.07, 6.45) is 1.72. The number of pyridine rings is 1. The normalized spacial score (nSPS) is 10.7. The molecule has 0 fully saturated rings. The predicted octanol–water partition coefficient (Wildman–Crippen LogP) is 4.05. The Morgan fingerprint density at radius 3 is 2.85 bits per heavy atom. The van der Waals surface area contributed by atoms with E-state index in [0.717, 1.165) is 11.3 Å². The van der Waals surface area contributed by atoms with E-state index < -0.39 is 0 Å². The quantitative estimate of drug-likeness (QED) is 0.646. The Labute approximate surface area is 161 Å². The number of benzene rings is 1. The minimum Gasteiger partial charge on any atom is -0.325 e. The molecule has 0 saturated heterocycles. The van der Waals surface area contributed by atoms with Crippen LogP contribution in [0.2, 0.25) is 5.02 Å². The number of anilines is 1. The summed E-state index contributed by atoms with van der Waals surface area (Å²) >= 11 is 7.33. The largest absolute Gasteiger partial charge is 0.325 e. The highest BCUT2D eigenvalue weighted by Gasteiger charge is 2.15. The van der Waals surface area contributed by atoms with Crippen LogP contribution < -0.4 is 5.32 Å². The van der Waals surface area contributed by atoms with Crippen LogP contribution in [0.5, 0.6) is 0 Å². The van der Waals surface area contributed by atoms with Crippen LogP contribution in [0.1, 0.15) is 12.5 Å². The van der Waals surface area contributed by atoms with Crippen molar-refractivity contribution in [2.75, 3.05) is 11.1 Å². The smallest absolute Gasteiger partial charge is 0.234 e. The van der Waals surface area contributed by atoms with E-state index in [4.69, 9.17) is 11.6 Å². The Morgan fingerprint density at radius 2 is 2.12 bits per heavy atom. The number of carbonyl (C=O) groups is 1. The predicted molar refractivity (Wildman–Crippen MR) is 104 cm³/mol. The summed E-state index contributed by atoms with van der Waals surface area (Å²) in [5.74, 6) is 0.804. The fraction of sp³-hybridized carbons (Fsp3) is 0.222. The van der Waals surface area contributed by atoms with Gasteiger partial charge in [-0.05, 0) is 43.7 Å². The summed E-state index contributed by atoms with van der Waals surface area (Å²) in [5, 5.41) is 12.6. The van der Waals surface area contributed by atoms with Crippen molar-refractivity contribution < 1.29 is 4.79 Å². The zero-order valence-corrected chi connectivity index (χ0v) is 16.0. The van der Waals surface area contributed by atoms with Crippen molar-refractivity contribution in [2.45, 2.75) is 25.5 Å². The minimum absolute atomic E-state index is 0.120. The van der Waals surface area contributed by atoms with Gasteiger partial charge >= 0.3 is 0 Å². The van der Waals surface area contributed by atoms with Gasteiger partial charge in [0, 0.05) is 23.5 Å². The van der Waals surface area contributed by atoms with Gasteiger partial charge in [-0.1, -0.05) is 35.5 Å². The van der Waals surface area contributed by atoms with Crippen molar-refractivity contribution in [1.29, 1.82) is 0 Å². The maximum atomic E-state index is 12.3. The van der Waals surface area contributed by atoms with Crippen LogP contribution in [-0.4, -0.2) is 31.4 Å². The molecule has 0 aliphatic rings. The van der Waals surface area contributed by atoms with Gasteiger partial charge in [-0.2, -0.15) is 0 Å². The molecule has 2 heterocycles. The van der Waals surface area contributed by atoms with Gasteiger partial charge in [0.15, 0.2) is 11.0 Å². The lowest BCUT2D eigenvalue weighted by atomic mass is 10.2. The number of amides is 1. The van der Waals surface area contributed by atoms with Crippen LogP contribution >= 0.6 is 23.4 Å². The van der Waals surface area contributed by atoms with E-state index in [1.54, 1.807) is 18.3 Å². The van der Waals surface area contributed by atoms with E-state index in [1.807, 2.05) is 42.7 Å². The number of thioether (sulfide) groups is 1. The molecule has 2 aromatic heterocycles. The molecule has 134 valence electrons. The molecule has 1 amide bonds. The maximum absolute atomic E-state index is 12.3. The number of hydrogen-bond acceptors (Lipinski definition) is 5. The first kappa shape index (κ1) is 18.4. The van der Waals surface area contributed by atoms with Gasteiger partial charge in [0.2, 0.25) is 5.91 Å². The molecular weight excluding hydrogens is 370 g/mol. The summed E-state index contributed by atoms with van der Waals surface area (Å²) in [7, 11) is 0. The van der Waals surface area contributed by atoms with Crippen LogP contribution in [0, 0.1) is 6.92 Å². The second kappa shape index (κ2) is 8.33. The molecule has 1 N–H and O–H groups in total. The minimum atomic E-state index is -0.120. The lowest BCUT2D eigenvalue weighted by Gasteiger charge is -2.09. The Bertz CT molecular complexity index is 913. The average Bonchev–Trinajstić information content (AvgIpc) is 3.06. The van der Waals surface area contributed by atoms with Crippen molar-refractivity contribution in [3.05, 3.63) is 53.2 Å². The first-order valence-corrected chi connectivity index (χ1v) is 9.48. The summed E-state index contributed by atoms with van der Waals surface area (Å²) in [4.78, 5) is 16.6. The summed E-state index contributed by atoms with van der Waals surface area (Å²) < 4.78 is 1.95. The molecule has 8 heteroatoms. The molecule has 0 bridgehead atoms. The zero-order valence-electron chi connectivity index (χ0n) is 14.4. The van der Waals surface area contributed by atoms with Crippen LogP contribution in [0.4, 0.5) is 5.69 Å². The van der Waals surface area contributed by atoms with Gasteiger partial charge in [-0.15, -0.1) is 10.2 Å². The highest BCUT2D eigenvalue weighted by atomic mass is 35.5. The molecule has 0 spiro atoms. The van der Waals surface area contributed by atoms with Crippen molar-refractivity contribution in [3.63, 3.8) is 0 Å². The third-order valence-electron chi connectivity index (χ3n) is 3.73. The second-order valence-electron chi connectivity index (χ2n) is 5.56.